The van der Waals surface area contributed by atoms with Crippen molar-refractivity contribution >= 4 is 5.91 Å². The Morgan fingerprint density at radius 3 is 2.08 bits per heavy atom. The van der Waals surface area contributed by atoms with Gasteiger partial charge in [0.25, 0.3) is 5.91 Å². The average Bonchev–Trinajstić information content (AvgIpc) is 2.87. The maximum absolute atomic E-state index is 13.0. The van der Waals surface area contributed by atoms with Crippen LogP contribution in [0.4, 0.5) is 0 Å². The fourth-order valence-electron chi connectivity index (χ4n) is 4.50. The summed E-state index contributed by atoms with van der Waals surface area (Å²) in [5.74, 6) is 0.659. The summed E-state index contributed by atoms with van der Waals surface area (Å²) < 4.78 is 6.29. The van der Waals surface area contributed by atoms with Crippen molar-refractivity contribution in [2.75, 3.05) is 33.2 Å². The molecule has 0 saturated carbocycles. The smallest absolute Gasteiger partial charge is 0.261 e. The normalized spacial score (nSPS) is 16.4. The number of likely N-dealkylation sites (N-methyl/N-ethyl adjacent to an activating group) is 1. The minimum absolute atomic E-state index is 0.0853. The Kier molecular flexibility index (Phi) is 8.44. The number of nitrogens with one attached hydrogen (secondary N) is 1. The van der Waals surface area contributed by atoms with Crippen molar-refractivity contribution in [1.29, 1.82) is 0 Å². The second kappa shape index (κ2) is 11.7. The van der Waals surface area contributed by atoms with Crippen LogP contribution in [0, 0.1) is 13.8 Å². The van der Waals surface area contributed by atoms with E-state index in [0.29, 0.717) is 0 Å². The zero-order chi connectivity index (χ0) is 25.7. The first-order valence-electron chi connectivity index (χ1n) is 12.9. The van der Waals surface area contributed by atoms with Crippen LogP contribution in [0.1, 0.15) is 42.1 Å². The molecule has 36 heavy (non-hydrogen) atoms. The van der Waals surface area contributed by atoms with Crippen molar-refractivity contribution < 1.29 is 9.53 Å². The van der Waals surface area contributed by atoms with Gasteiger partial charge in [-0.15, -0.1) is 0 Å². The number of hydrogen-bond acceptors (Lipinski definition) is 4. The molecule has 5 heteroatoms. The zero-order valence-corrected chi connectivity index (χ0v) is 22.3. The van der Waals surface area contributed by atoms with Crippen molar-refractivity contribution in [3.8, 4) is 16.9 Å². The summed E-state index contributed by atoms with van der Waals surface area (Å²) in [5.41, 5.74) is 7.00. The van der Waals surface area contributed by atoms with Crippen LogP contribution in [-0.4, -0.2) is 55.0 Å². The second-order valence-corrected chi connectivity index (χ2v) is 10.2. The molecule has 190 valence electrons. The summed E-state index contributed by atoms with van der Waals surface area (Å²) in [6.07, 6.45) is -0.602. The van der Waals surface area contributed by atoms with E-state index in [1.165, 1.54) is 16.7 Å². The Balaban J connectivity index is 1.50. The van der Waals surface area contributed by atoms with E-state index in [9.17, 15) is 4.79 Å². The average molecular weight is 486 g/mol. The molecule has 0 aliphatic carbocycles. The van der Waals surface area contributed by atoms with E-state index in [4.69, 9.17) is 4.74 Å². The number of piperazine rings is 1. The highest BCUT2D eigenvalue weighted by Crippen LogP contribution is 2.29. The molecule has 0 spiro atoms. The molecule has 1 fully saturated rings. The molecule has 3 aromatic rings. The van der Waals surface area contributed by atoms with Crippen LogP contribution >= 0.6 is 0 Å². The lowest BCUT2D eigenvalue weighted by Crippen LogP contribution is -2.44. The molecule has 4 rings (SSSR count). The predicted molar refractivity (Wildman–Crippen MR) is 147 cm³/mol. The minimum Gasteiger partial charge on any atom is -0.481 e. The summed E-state index contributed by atoms with van der Waals surface area (Å²) >= 11 is 0. The van der Waals surface area contributed by atoms with E-state index < -0.39 is 6.10 Å². The fourth-order valence-corrected chi connectivity index (χ4v) is 4.50. The highest BCUT2D eigenvalue weighted by molar-refractivity contribution is 5.81. The van der Waals surface area contributed by atoms with Crippen LogP contribution in [-0.2, 0) is 11.3 Å². The Morgan fingerprint density at radius 2 is 1.44 bits per heavy atom. The molecule has 5 nitrogen and oxygen atoms in total. The lowest BCUT2D eigenvalue weighted by atomic mass is 10.0. The highest BCUT2D eigenvalue weighted by atomic mass is 16.5. The van der Waals surface area contributed by atoms with Gasteiger partial charge in [-0.05, 0) is 63.6 Å². The maximum Gasteiger partial charge on any atom is 0.261 e. The van der Waals surface area contributed by atoms with Crippen LogP contribution in [0.15, 0.2) is 66.7 Å². The number of hydrogen-bond donors (Lipinski definition) is 1. The molecule has 1 aliphatic rings. The molecule has 1 aliphatic heterocycles. The van der Waals surface area contributed by atoms with Gasteiger partial charge in [0.1, 0.15) is 5.75 Å². The molecule has 1 saturated heterocycles. The number of carbonyl (C=O) groups is 1. The van der Waals surface area contributed by atoms with Crippen molar-refractivity contribution in [2.24, 2.45) is 0 Å². The van der Waals surface area contributed by atoms with Gasteiger partial charge in [-0.25, -0.2) is 0 Å². The quantitative estimate of drug-likeness (QED) is 0.466. The largest absolute Gasteiger partial charge is 0.481 e. The first kappa shape index (κ1) is 25.9. The number of aryl methyl sites for hydroxylation is 2. The van der Waals surface area contributed by atoms with Gasteiger partial charge in [-0.3, -0.25) is 9.69 Å². The van der Waals surface area contributed by atoms with E-state index in [1.54, 1.807) is 0 Å². The number of carbonyl (C=O) groups excluding carboxylic acids is 1. The Morgan fingerprint density at radius 1 is 0.861 bits per heavy atom. The summed E-state index contributed by atoms with van der Waals surface area (Å²) in [5, 5.41) is 3.10. The van der Waals surface area contributed by atoms with Gasteiger partial charge >= 0.3 is 0 Å². The molecule has 0 aromatic heterocycles. The van der Waals surface area contributed by atoms with Crippen molar-refractivity contribution in [3.63, 3.8) is 0 Å². The Labute approximate surface area is 216 Å². The Bertz CT molecular complexity index is 1150. The molecular weight excluding hydrogens is 446 g/mol. The van der Waals surface area contributed by atoms with Gasteiger partial charge in [-0.1, -0.05) is 65.7 Å². The number of ether oxygens (including phenoxy) is 1. The van der Waals surface area contributed by atoms with Gasteiger partial charge in [0.2, 0.25) is 0 Å². The topological polar surface area (TPSA) is 44.8 Å². The van der Waals surface area contributed by atoms with E-state index in [1.807, 2.05) is 19.9 Å². The number of rotatable bonds is 8. The van der Waals surface area contributed by atoms with E-state index in [2.05, 4.69) is 96.7 Å². The Hall–Kier alpha value is -3.15. The third kappa shape index (κ3) is 6.74. The molecule has 1 N–H and O–H groups in total. The molecule has 1 heterocycles. The summed E-state index contributed by atoms with van der Waals surface area (Å²) in [7, 11) is 2.17. The number of nitrogens with zero attached hydrogens (tertiary/aromatic N) is 2. The highest BCUT2D eigenvalue weighted by Gasteiger charge is 2.21. The van der Waals surface area contributed by atoms with E-state index in [0.717, 1.165) is 55.2 Å². The van der Waals surface area contributed by atoms with Crippen LogP contribution in [0.2, 0.25) is 0 Å². The zero-order valence-electron chi connectivity index (χ0n) is 22.3. The van der Waals surface area contributed by atoms with Gasteiger partial charge < -0.3 is 15.0 Å². The molecule has 1 amide bonds. The predicted octanol–water partition coefficient (Wildman–Crippen LogP) is 5.36. The van der Waals surface area contributed by atoms with Gasteiger partial charge in [0.05, 0.1) is 6.04 Å². The maximum atomic E-state index is 13.0. The molecule has 1 unspecified atom stereocenters. The standard InChI is InChI=1S/C31H39N3O2/c1-22-6-10-26(11-7-22)24(3)32-31(35)25(4)36-30-15-14-28(27-12-8-23(2)9-13-27)20-29(30)21-34-18-16-33(5)17-19-34/h6-15,20,24-25H,16-19,21H2,1-5H3,(H,32,35)/t24-,25?/m1/s1. The number of amides is 1. The summed E-state index contributed by atoms with van der Waals surface area (Å²) in [4.78, 5) is 17.8. The molecule has 3 aromatic carbocycles. The van der Waals surface area contributed by atoms with Gasteiger partial charge in [0.15, 0.2) is 6.10 Å². The number of benzene rings is 3. The van der Waals surface area contributed by atoms with Crippen LogP contribution in [0.3, 0.4) is 0 Å². The lowest BCUT2D eigenvalue weighted by Gasteiger charge is -2.33. The molecule has 2 atom stereocenters. The molecule has 0 bridgehead atoms. The first-order chi connectivity index (χ1) is 17.3. The van der Waals surface area contributed by atoms with Crippen molar-refractivity contribution in [2.45, 2.75) is 46.4 Å². The van der Waals surface area contributed by atoms with Gasteiger partial charge in [0, 0.05) is 38.3 Å². The third-order valence-corrected chi connectivity index (χ3v) is 7.04. The third-order valence-electron chi connectivity index (χ3n) is 7.04. The monoisotopic (exact) mass is 485 g/mol. The molecule has 0 radical (unpaired) electrons. The first-order valence-corrected chi connectivity index (χ1v) is 12.9. The van der Waals surface area contributed by atoms with Crippen molar-refractivity contribution in [3.05, 3.63) is 89.0 Å². The summed E-state index contributed by atoms with van der Waals surface area (Å²) in [6.45, 7) is 13.0. The van der Waals surface area contributed by atoms with Crippen molar-refractivity contribution in [1.82, 2.24) is 15.1 Å². The SMILES string of the molecule is Cc1ccc(-c2ccc(OC(C)C(=O)N[C@H](C)c3ccc(C)cc3)c(CN3CCN(C)CC3)c2)cc1. The summed E-state index contributed by atoms with van der Waals surface area (Å²) in [6, 6.07) is 23.1. The van der Waals surface area contributed by atoms with Crippen LogP contribution < -0.4 is 10.1 Å². The van der Waals surface area contributed by atoms with E-state index >= 15 is 0 Å². The van der Waals surface area contributed by atoms with Gasteiger partial charge in [-0.2, -0.15) is 0 Å². The second-order valence-electron chi connectivity index (χ2n) is 10.2. The fraction of sp³-hybridized carbons (Fsp3) is 0.387. The lowest BCUT2D eigenvalue weighted by molar-refractivity contribution is -0.127. The van der Waals surface area contributed by atoms with Crippen LogP contribution in [0.25, 0.3) is 11.1 Å². The van der Waals surface area contributed by atoms with Crippen LogP contribution in [0.5, 0.6) is 5.75 Å². The van der Waals surface area contributed by atoms with E-state index in [-0.39, 0.29) is 11.9 Å². The minimum atomic E-state index is -0.602. The molecular formula is C31H39N3O2.